The number of allylic oxidation sites excluding steroid dienone is 1. The Labute approximate surface area is 182 Å². The first-order valence-corrected chi connectivity index (χ1v) is 10.3. The van der Waals surface area contributed by atoms with E-state index in [1.54, 1.807) is 25.3 Å². The van der Waals surface area contributed by atoms with Crippen LogP contribution < -0.4 is 16.2 Å². The van der Waals surface area contributed by atoms with Crippen LogP contribution in [0.4, 0.5) is 10.2 Å². The first kappa shape index (κ1) is 20.1. The highest BCUT2D eigenvalue weighted by atomic mass is 19.1. The molecule has 3 aromatic rings. The van der Waals surface area contributed by atoms with Gasteiger partial charge < -0.3 is 9.84 Å². The summed E-state index contributed by atoms with van der Waals surface area (Å²) in [5, 5.41) is 11.1. The average molecular weight is 434 g/mol. The molecule has 8 heteroatoms. The van der Waals surface area contributed by atoms with Gasteiger partial charge in [-0.2, -0.15) is 4.57 Å². The van der Waals surface area contributed by atoms with Crippen molar-refractivity contribution >= 4 is 17.3 Å². The Bertz CT molecular complexity index is 1400. The summed E-state index contributed by atoms with van der Waals surface area (Å²) < 4.78 is 20.3. The zero-order valence-corrected chi connectivity index (χ0v) is 17.3. The molecule has 2 aliphatic rings. The van der Waals surface area contributed by atoms with Crippen molar-refractivity contribution in [3.05, 3.63) is 103 Å². The number of methoxy groups -OCH3 is 1. The summed E-state index contributed by atoms with van der Waals surface area (Å²) in [5.74, 6) is -0.669. The number of nitrogens with zero attached hydrogens (tertiary/aromatic N) is 1. The van der Waals surface area contributed by atoms with Crippen molar-refractivity contribution in [2.24, 2.45) is 0 Å². The maximum atomic E-state index is 13.7. The molecule has 5 rings (SSSR count). The molecule has 1 aromatic heterocycles. The van der Waals surface area contributed by atoms with Crippen molar-refractivity contribution in [2.75, 3.05) is 13.7 Å². The number of benzene rings is 2. The van der Waals surface area contributed by atoms with Crippen molar-refractivity contribution in [2.45, 2.75) is 18.9 Å². The standard InChI is InChI=1S/C24H20FN3O4/c1-32-12-4-11-28-22-19(23(30)27-24(28)31)17(13-7-9-14(25)10-8-13)18-20(26-22)15-5-2-3-6-16(15)21(18)29/h2-3,5-10,17,29H,4,11-12H2,1H3,(H,27,30,31)/p+1. The van der Waals surface area contributed by atoms with Gasteiger partial charge in [0.1, 0.15) is 22.9 Å². The smallest absolute Gasteiger partial charge is 0.415 e. The second kappa shape index (κ2) is 7.72. The number of H-pyrrole nitrogens is 1. The number of rotatable bonds is 5. The van der Waals surface area contributed by atoms with E-state index < -0.39 is 23.0 Å². The third kappa shape index (κ3) is 3.03. The fraction of sp³-hybridized carbons (Fsp3) is 0.208. The Morgan fingerprint density at radius 1 is 1.12 bits per heavy atom. The summed E-state index contributed by atoms with van der Waals surface area (Å²) in [6.07, 6.45) is 0.567. The van der Waals surface area contributed by atoms with Gasteiger partial charge in [0, 0.05) is 31.3 Å². The number of hydrogen-bond donors (Lipinski definition) is 3. The van der Waals surface area contributed by atoms with Gasteiger partial charge in [0.2, 0.25) is 0 Å². The number of hydrogen-bond acceptors (Lipinski definition) is 4. The van der Waals surface area contributed by atoms with E-state index in [0.29, 0.717) is 53.4 Å². The van der Waals surface area contributed by atoms with Crippen LogP contribution in [0.25, 0.3) is 5.76 Å². The van der Waals surface area contributed by atoms with Gasteiger partial charge in [-0.05, 0) is 23.8 Å². The minimum atomic E-state index is -0.688. The van der Waals surface area contributed by atoms with Crippen LogP contribution in [0.15, 0.2) is 63.7 Å². The zero-order valence-electron chi connectivity index (χ0n) is 17.3. The van der Waals surface area contributed by atoms with E-state index in [0.717, 1.165) is 5.56 Å². The number of halogens is 1. The third-order valence-electron chi connectivity index (χ3n) is 5.97. The molecule has 7 nitrogen and oxygen atoms in total. The van der Waals surface area contributed by atoms with Crippen molar-refractivity contribution in [1.82, 2.24) is 9.55 Å². The predicted octanol–water partition coefficient (Wildman–Crippen LogP) is 1.34. The molecule has 162 valence electrons. The number of aliphatic hydroxyl groups is 1. The highest BCUT2D eigenvalue weighted by molar-refractivity contribution is 6.21. The predicted molar refractivity (Wildman–Crippen MR) is 117 cm³/mol. The molecule has 3 N–H and O–H groups in total. The summed E-state index contributed by atoms with van der Waals surface area (Å²) in [7, 11) is 1.58. The van der Waals surface area contributed by atoms with Gasteiger partial charge >= 0.3 is 5.69 Å². The highest BCUT2D eigenvalue weighted by Gasteiger charge is 2.44. The molecule has 2 aromatic carbocycles. The van der Waals surface area contributed by atoms with Gasteiger partial charge in [0.25, 0.3) is 11.4 Å². The molecule has 0 fully saturated rings. The lowest BCUT2D eigenvalue weighted by molar-refractivity contribution is -0.364. The van der Waals surface area contributed by atoms with Crippen LogP contribution in [0.2, 0.25) is 0 Å². The quantitative estimate of drug-likeness (QED) is 0.528. The number of ether oxygens (including phenoxy) is 1. The molecule has 1 aliphatic carbocycles. The molecule has 32 heavy (non-hydrogen) atoms. The van der Waals surface area contributed by atoms with E-state index in [1.165, 1.54) is 16.7 Å². The number of aromatic amines is 1. The Morgan fingerprint density at radius 3 is 2.56 bits per heavy atom. The Hall–Kier alpha value is -3.78. The van der Waals surface area contributed by atoms with Crippen molar-refractivity contribution < 1.29 is 19.2 Å². The fourth-order valence-corrected chi connectivity index (χ4v) is 4.55. The lowest BCUT2D eigenvalue weighted by Crippen LogP contribution is -2.72. The van der Waals surface area contributed by atoms with Crippen LogP contribution in [0.1, 0.15) is 34.6 Å². The Balaban J connectivity index is 1.83. The van der Waals surface area contributed by atoms with Crippen LogP contribution in [-0.2, 0) is 11.3 Å². The molecule has 0 bridgehead atoms. The molecule has 0 saturated heterocycles. The van der Waals surface area contributed by atoms with E-state index in [4.69, 9.17) is 4.74 Å². The first-order chi connectivity index (χ1) is 15.5. The summed E-state index contributed by atoms with van der Waals surface area (Å²) in [6.45, 7) is 0.780. The number of aromatic nitrogens is 2. The largest absolute Gasteiger partial charge is 0.507 e. The summed E-state index contributed by atoms with van der Waals surface area (Å²) in [4.78, 5) is 31.4. The lowest BCUT2D eigenvalue weighted by Gasteiger charge is -2.23. The summed E-state index contributed by atoms with van der Waals surface area (Å²) in [6, 6.07) is 13.2. The molecule has 0 radical (unpaired) electrons. The molecule has 1 unspecified atom stereocenters. The monoisotopic (exact) mass is 434 g/mol. The zero-order chi connectivity index (χ0) is 22.4. The molecule has 2 heterocycles. The minimum absolute atomic E-state index is 0.0552. The normalized spacial score (nSPS) is 16.4. The van der Waals surface area contributed by atoms with Gasteiger partial charge in [-0.3, -0.25) is 9.78 Å². The lowest BCUT2D eigenvalue weighted by atomic mass is 9.81. The van der Waals surface area contributed by atoms with Crippen molar-refractivity contribution in [1.29, 1.82) is 0 Å². The first-order valence-electron chi connectivity index (χ1n) is 10.3. The van der Waals surface area contributed by atoms with Crippen LogP contribution in [0, 0.1) is 5.82 Å². The van der Waals surface area contributed by atoms with Crippen LogP contribution in [-0.4, -0.2) is 34.1 Å². The van der Waals surface area contributed by atoms with Crippen LogP contribution in [0.3, 0.4) is 0 Å². The Kier molecular flexibility index (Phi) is 4.86. The van der Waals surface area contributed by atoms with E-state index in [1.807, 2.05) is 18.2 Å². The van der Waals surface area contributed by atoms with Crippen LogP contribution in [0.5, 0.6) is 0 Å². The van der Waals surface area contributed by atoms with Gasteiger partial charge in [-0.25, -0.2) is 14.2 Å². The van der Waals surface area contributed by atoms with E-state index in [-0.39, 0.29) is 5.76 Å². The molecule has 0 saturated carbocycles. The van der Waals surface area contributed by atoms with Gasteiger partial charge in [0.05, 0.1) is 18.0 Å². The third-order valence-corrected chi connectivity index (χ3v) is 5.97. The molecular formula is C24H21FN3O4+. The van der Waals surface area contributed by atoms with E-state index in [9.17, 15) is 19.1 Å². The molecule has 0 spiro atoms. The van der Waals surface area contributed by atoms with Gasteiger partial charge in [-0.1, -0.05) is 30.3 Å². The maximum absolute atomic E-state index is 13.7. The summed E-state index contributed by atoms with van der Waals surface area (Å²) in [5.41, 5.74) is 2.41. The van der Waals surface area contributed by atoms with E-state index in [2.05, 4.69) is 9.98 Å². The molecule has 1 aliphatic heterocycles. The Morgan fingerprint density at radius 2 is 1.84 bits per heavy atom. The SMILES string of the molecule is COCCCn1c2c(c(=O)[nH]c1=O)C(c1ccc(F)cc1)C1=C(O)c3ccccc3C1=[NH+]2. The topological polar surface area (TPSA) is 98.3 Å². The maximum Gasteiger partial charge on any atom is 0.415 e. The molecule has 0 amide bonds. The minimum Gasteiger partial charge on any atom is -0.507 e. The average Bonchev–Trinajstić information content (AvgIpc) is 3.07. The van der Waals surface area contributed by atoms with Crippen molar-refractivity contribution in [3.8, 4) is 0 Å². The van der Waals surface area contributed by atoms with Gasteiger partial charge in [-0.15, -0.1) is 0 Å². The van der Waals surface area contributed by atoms with Crippen molar-refractivity contribution in [3.63, 3.8) is 0 Å². The fourth-order valence-electron chi connectivity index (χ4n) is 4.55. The van der Waals surface area contributed by atoms with Crippen LogP contribution >= 0.6 is 0 Å². The number of nitrogens with one attached hydrogen (secondary N) is 2. The highest BCUT2D eigenvalue weighted by Crippen LogP contribution is 2.43. The second-order valence-corrected chi connectivity index (χ2v) is 7.81. The van der Waals surface area contributed by atoms with E-state index >= 15 is 0 Å². The number of aliphatic hydroxyl groups excluding tert-OH is 1. The van der Waals surface area contributed by atoms with Gasteiger partial charge in [0.15, 0.2) is 0 Å². The molecule has 1 atom stereocenters. The molecular weight excluding hydrogens is 413 g/mol. The number of fused-ring (bicyclic) bond motifs is 4. The second-order valence-electron chi connectivity index (χ2n) is 7.81. The summed E-state index contributed by atoms with van der Waals surface area (Å²) >= 11 is 0.